The fraction of sp³-hybridized carbons (Fsp3) is 0.125. The standard InChI is InChI=1S/C8H7ClN2O3/c1-5(9)4-11-7(12)3-2-6(10-11)8(13)14/h2-3H,1,4H2,(H,13,14). The van der Waals surface area contributed by atoms with Crippen LogP contribution < -0.4 is 5.56 Å². The minimum Gasteiger partial charge on any atom is -0.476 e. The number of aromatic carboxylic acids is 1. The van der Waals surface area contributed by atoms with Crippen molar-refractivity contribution in [2.45, 2.75) is 6.54 Å². The Morgan fingerprint density at radius 3 is 2.79 bits per heavy atom. The molecule has 0 spiro atoms. The lowest BCUT2D eigenvalue weighted by molar-refractivity contribution is 0.0687. The van der Waals surface area contributed by atoms with Gasteiger partial charge in [0.1, 0.15) is 0 Å². The van der Waals surface area contributed by atoms with Crippen molar-refractivity contribution in [1.82, 2.24) is 9.78 Å². The van der Waals surface area contributed by atoms with Crippen LogP contribution in [0.3, 0.4) is 0 Å². The van der Waals surface area contributed by atoms with E-state index in [4.69, 9.17) is 16.7 Å². The molecule has 0 saturated heterocycles. The normalized spacial score (nSPS) is 9.79. The molecule has 0 aliphatic rings. The van der Waals surface area contributed by atoms with E-state index in [0.717, 1.165) is 16.8 Å². The number of allylic oxidation sites excluding steroid dienone is 1. The highest BCUT2D eigenvalue weighted by Gasteiger charge is 2.07. The van der Waals surface area contributed by atoms with E-state index in [1.54, 1.807) is 0 Å². The molecule has 74 valence electrons. The predicted molar refractivity (Wildman–Crippen MR) is 50.4 cm³/mol. The zero-order valence-corrected chi connectivity index (χ0v) is 7.86. The van der Waals surface area contributed by atoms with Gasteiger partial charge in [-0.25, -0.2) is 9.48 Å². The van der Waals surface area contributed by atoms with E-state index in [1.807, 2.05) is 0 Å². The zero-order valence-electron chi connectivity index (χ0n) is 7.11. The van der Waals surface area contributed by atoms with Crippen LogP contribution in [-0.2, 0) is 6.54 Å². The lowest BCUT2D eigenvalue weighted by Crippen LogP contribution is -2.24. The number of nitrogens with zero attached hydrogens (tertiary/aromatic N) is 2. The van der Waals surface area contributed by atoms with Crippen molar-refractivity contribution in [3.63, 3.8) is 0 Å². The van der Waals surface area contributed by atoms with E-state index >= 15 is 0 Å². The van der Waals surface area contributed by atoms with E-state index < -0.39 is 11.5 Å². The molecule has 14 heavy (non-hydrogen) atoms. The number of carbonyl (C=O) groups is 1. The first-order valence-corrected chi connectivity index (χ1v) is 4.03. The second kappa shape index (κ2) is 4.06. The summed E-state index contributed by atoms with van der Waals surface area (Å²) >= 11 is 5.47. The van der Waals surface area contributed by atoms with Gasteiger partial charge in [0, 0.05) is 11.1 Å². The van der Waals surface area contributed by atoms with Crippen LogP contribution in [0.1, 0.15) is 10.5 Å². The molecule has 0 saturated carbocycles. The van der Waals surface area contributed by atoms with Gasteiger partial charge in [0.2, 0.25) is 0 Å². The van der Waals surface area contributed by atoms with Crippen molar-refractivity contribution in [3.8, 4) is 0 Å². The molecule has 5 nitrogen and oxygen atoms in total. The van der Waals surface area contributed by atoms with Crippen LogP contribution in [0.2, 0.25) is 0 Å². The molecule has 0 fully saturated rings. The highest BCUT2D eigenvalue weighted by atomic mass is 35.5. The molecular weight excluding hydrogens is 208 g/mol. The van der Waals surface area contributed by atoms with Crippen LogP contribution >= 0.6 is 11.6 Å². The zero-order chi connectivity index (χ0) is 10.7. The average Bonchev–Trinajstić information content (AvgIpc) is 2.07. The maximum absolute atomic E-state index is 11.1. The summed E-state index contributed by atoms with van der Waals surface area (Å²) in [6.07, 6.45) is 0. The minimum atomic E-state index is -1.20. The first-order valence-electron chi connectivity index (χ1n) is 3.65. The smallest absolute Gasteiger partial charge is 0.356 e. The van der Waals surface area contributed by atoms with Gasteiger partial charge in [-0.05, 0) is 6.07 Å². The van der Waals surface area contributed by atoms with Crippen molar-refractivity contribution < 1.29 is 9.90 Å². The molecule has 1 aromatic rings. The summed E-state index contributed by atoms with van der Waals surface area (Å²) in [6, 6.07) is 2.26. The maximum Gasteiger partial charge on any atom is 0.356 e. The second-order valence-corrected chi connectivity index (χ2v) is 3.07. The van der Waals surface area contributed by atoms with Crippen LogP contribution in [0.5, 0.6) is 0 Å². The molecule has 1 rings (SSSR count). The van der Waals surface area contributed by atoms with Gasteiger partial charge in [0.15, 0.2) is 5.69 Å². The Kier molecular flexibility index (Phi) is 3.03. The van der Waals surface area contributed by atoms with Crippen molar-refractivity contribution in [2.24, 2.45) is 0 Å². The van der Waals surface area contributed by atoms with E-state index in [0.29, 0.717) is 0 Å². The molecule has 0 aliphatic carbocycles. The van der Waals surface area contributed by atoms with Gasteiger partial charge in [0.05, 0.1) is 6.54 Å². The van der Waals surface area contributed by atoms with Gasteiger partial charge in [-0.3, -0.25) is 4.79 Å². The van der Waals surface area contributed by atoms with E-state index in [-0.39, 0.29) is 17.3 Å². The molecular formula is C8H7ClN2O3. The summed E-state index contributed by atoms with van der Waals surface area (Å²) < 4.78 is 0.943. The minimum absolute atomic E-state index is 0.00150. The number of aromatic nitrogens is 2. The molecule has 0 aliphatic heterocycles. The van der Waals surface area contributed by atoms with Crippen LogP contribution in [-0.4, -0.2) is 20.9 Å². The number of carboxylic acid groups (broad SMARTS) is 1. The van der Waals surface area contributed by atoms with Crippen LogP contribution in [0.15, 0.2) is 28.5 Å². The average molecular weight is 215 g/mol. The van der Waals surface area contributed by atoms with Crippen molar-refractivity contribution >= 4 is 17.6 Å². The maximum atomic E-state index is 11.1. The molecule has 0 aromatic carbocycles. The summed E-state index contributed by atoms with van der Waals surface area (Å²) in [6.45, 7) is 3.39. The van der Waals surface area contributed by atoms with Crippen LogP contribution in [0.25, 0.3) is 0 Å². The van der Waals surface area contributed by atoms with Gasteiger partial charge < -0.3 is 5.11 Å². The second-order valence-electron chi connectivity index (χ2n) is 2.54. The van der Waals surface area contributed by atoms with Gasteiger partial charge in [-0.1, -0.05) is 18.2 Å². The molecule has 6 heteroatoms. The fourth-order valence-corrected chi connectivity index (χ4v) is 0.952. The summed E-state index contributed by atoms with van der Waals surface area (Å²) in [4.78, 5) is 21.7. The van der Waals surface area contributed by atoms with Gasteiger partial charge in [-0.2, -0.15) is 5.10 Å². The van der Waals surface area contributed by atoms with E-state index in [1.165, 1.54) is 0 Å². The highest BCUT2D eigenvalue weighted by molar-refractivity contribution is 6.29. The summed E-state index contributed by atoms with van der Waals surface area (Å²) in [5, 5.41) is 12.4. The lowest BCUT2D eigenvalue weighted by atomic mass is 10.4. The van der Waals surface area contributed by atoms with Gasteiger partial charge in [0.25, 0.3) is 5.56 Å². The molecule has 0 amide bonds. The van der Waals surface area contributed by atoms with E-state index in [9.17, 15) is 9.59 Å². The summed E-state index contributed by atoms with van der Waals surface area (Å²) in [5.74, 6) is -1.20. The Hall–Kier alpha value is -1.62. The Bertz CT molecular complexity index is 438. The molecule has 0 unspecified atom stereocenters. The van der Waals surface area contributed by atoms with Crippen LogP contribution in [0.4, 0.5) is 0 Å². The summed E-state index contributed by atoms with van der Waals surface area (Å²) in [7, 11) is 0. The highest BCUT2D eigenvalue weighted by Crippen LogP contribution is 1.98. The largest absolute Gasteiger partial charge is 0.476 e. The topological polar surface area (TPSA) is 72.2 Å². The molecule has 0 bridgehead atoms. The molecule has 0 radical (unpaired) electrons. The number of hydrogen-bond acceptors (Lipinski definition) is 3. The molecule has 0 atom stereocenters. The number of halogens is 1. The quantitative estimate of drug-likeness (QED) is 0.804. The Morgan fingerprint density at radius 2 is 2.29 bits per heavy atom. The lowest BCUT2D eigenvalue weighted by Gasteiger charge is -2.02. The molecule has 1 heterocycles. The predicted octanol–water partition coefficient (Wildman–Crippen LogP) is 0.694. The monoisotopic (exact) mass is 214 g/mol. The Balaban J connectivity index is 3.15. The SMILES string of the molecule is C=C(Cl)Cn1nc(C(=O)O)ccc1=O. The first-order chi connectivity index (χ1) is 6.50. The van der Waals surface area contributed by atoms with E-state index in [2.05, 4.69) is 11.7 Å². The van der Waals surface area contributed by atoms with Crippen LogP contribution in [0, 0.1) is 0 Å². The molecule has 1 aromatic heterocycles. The number of carboxylic acids is 1. The number of rotatable bonds is 3. The first kappa shape index (κ1) is 10.5. The molecule has 1 N–H and O–H groups in total. The summed E-state index contributed by atoms with van der Waals surface area (Å²) in [5.41, 5.74) is -0.626. The third-order valence-corrected chi connectivity index (χ3v) is 1.53. The third-order valence-electron chi connectivity index (χ3n) is 1.41. The van der Waals surface area contributed by atoms with Gasteiger partial charge >= 0.3 is 5.97 Å². The Labute approximate surface area is 84.2 Å². The van der Waals surface area contributed by atoms with Crippen molar-refractivity contribution in [3.05, 3.63) is 39.8 Å². The fourth-order valence-electron chi connectivity index (χ4n) is 0.839. The number of hydrogen-bond donors (Lipinski definition) is 1. The Morgan fingerprint density at radius 1 is 1.64 bits per heavy atom. The van der Waals surface area contributed by atoms with Crippen molar-refractivity contribution in [2.75, 3.05) is 0 Å². The van der Waals surface area contributed by atoms with Crippen molar-refractivity contribution in [1.29, 1.82) is 0 Å². The van der Waals surface area contributed by atoms with Gasteiger partial charge in [-0.15, -0.1) is 0 Å². The third kappa shape index (κ3) is 2.43.